The van der Waals surface area contributed by atoms with E-state index in [2.05, 4.69) is 4.74 Å². The van der Waals surface area contributed by atoms with Crippen LogP contribution in [-0.2, 0) is 20.5 Å². The van der Waals surface area contributed by atoms with Crippen molar-refractivity contribution >= 4 is 24.3 Å². The summed E-state index contributed by atoms with van der Waals surface area (Å²) in [6.45, 7) is 2.92. The minimum Gasteiger partial charge on any atom is -0.468 e. The number of piperidine rings is 1. The Hall–Kier alpha value is -2.45. The normalized spacial score (nSPS) is 19.3. The number of hydrogen-bond donors (Lipinski definition) is 0. The lowest BCUT2D eigenvalue weighted by molar-refractivity contribution is -0.137. The highest BCUT2D eigenvalue weighted by atomic mass is 19.4. The molecule has 6 nitrogen and oxygen atoms in total. The zero-order valence-corrected chi connectivity index (χ0v) is 20.6. The maximum absolute atomic E-state index is 14.1. The number of hydrogen-bond acceptors (Lipinski definition) is 5. The molecule has 35 heavy (non-hydrogen) atoms. The Labute approximate surface area is 206 Å². The molecule has 1 amide bonds. The number of alkyl halides is 3. The molecular formula is C26H38F3N3O3. The summed E-state index contributed by atoms with van der Waals surface area (Å²) in [6.07, 6.45) is 5.30. The standard InChI is InChI=1S/C26H38F3N3O3/c1-30(13-6-16-35-20-34)23-10-11-25(24(17-23)26(27,28)29)31-14-5-7-21(18-31)12-15-32(19-33)22-8-3-2-4-9-22/h10-11,17,19-22H,2-9,12-16,18H2,1H3. The smallest absolute Gasteiger partial charge is 0.418 e. The highest BCUT2D eigenvalue weighted by molar-refractivity contribution is 5.63. The summed E-state index contributed by atoms with van der Waals surface area (Å²) < 4.78 is 46.8. The molecule has 1 saturated carbocycles. The van der Waals surface area contributed by atoms with Gasteiger partial charge in [0, 0.05) is 50.6 Å². The Kier molecular flexibility index (Phi) is 10.1. The van der Waals surface area contributed by atoms with E-state index in [1.165, 1.54) is 12.5 Å². The third-order valence-corrected chi connectivity index (χ3v) is 7.38. The Morgan fingerprint density at radius 3 is 2.54 bits per heavy atom. The van der Waals surface area contributed by atoms with Gasteiger partial charge in [-0.1, -0.05) is 19.3 Å². The Balaban J connectivity index is 1.66. The quantitative estimate of drug-likeness (QED) is 0.297. The number of benzene rings is 1. The lowest BCUT2D eigenvalue weighted by Gasteiger charge is -2.38. The van der Waals surface area contributed by atoms with E-state index in [-0.39, 0.29) is 18.2 Å². The first-order valence-corrected chi connectivity index (χ1v) is 12.8. The predicted octanol–water partition coefficient (Wildman–Crippen LogP) is 5.10. The molecule has 0 spiro atoms. The van der Waals surface area contributed by atoms with Crippen molar-refractivity contribution in [1.29, 1.82) is 0 Å². The van der Waals surface area contributed by atoms with Crippen LogP contribution >= 0.6 is 0 Å². The average molecular weight is 498 g/mol. The molecule has 1 aliphatic carbocycles. The van der Waals surface area contributed by atoms with Crippen LogP contribution in [0.1, 0.15) is 63.4 Å². The van der Waals surface area contributed by atoms with Gasteiger partial charge >= 0.3 is 6.18 Å². The van der Waals surface area contributed by atoms with E-state index in [1.807, 2.05) is 9.80 Å². The minimum absolute atomic E-state index is 0.225. The van der Waals surface area contributed by atoms with Gasteiger partial charge in [-0.15, -0.1) is 0 Å². The summed E-state index contributed by atoms with van der Waals surface area (Å²) in [5, 5.41) is 0. The summed E-state index contributed by atoms with van der Waals surface area (Å²) in [7, 11) is 1.73. The highest BCUT2D eigenvalue weighted by Crippen LogP contribution is 2.40. The van der Waals surface area contributed by atoms with Gasteiger partial charge in [0.15, 0.2) is 0 Å². The van der Waals surface area contributed by atoms with Crippen molar-refractivity contribution in [3.63, 3.8) is 0 Å². The van der Waals surface area contributed by atoms with E-state index in [0.29, 0.717) is 50.8 Å². The molecule has 0 aromatic heterocycles. The van der Waals surface area contributed by atoms with Crippen LogP contribution in [0.4, 0.5) is 24.5 Å². The summed E-state index contributed by atoms with van der Waals surface area (Å²) in [6, 6.07) is 4.84. The number of amides is 1. The Morgan fingerprint density at radius 2 is 1.86 bits per heavy atom. The van der Waals surface area contributed by atoms with Crippen molar-refractivity contribution in [1.82, 2.24) is 4.90 Å². The van der Waals surface area contributed by atoms with Gasteiger partial charge in [-0.25, -0.2) is 0 Å². The van der Waals surface area contributed by atoms with E-state index >= 15 is 0 Å². The summed E-state index contributed by atoms with van der Waals surface area (Å²) in [5.74, 6) is 0.260. The fourth-order valence-corrected chi connectivity index (χ4v) is 5.41. The second-order valence-corrected chi connectivity index (χ2v) is 9.82. The molecule has 0 bridgehead atoms. The van der Waals surface area contributed by atoms with Crippen LogP contribution < -0.4 is 9.80 Å². The van der Waals surface area contributed by atoms with E-state index in [1.54, 1.807) is 24.1 Å². The second-order valence-electron chi connectivity index (χ2n) is 9.82. The molecule has 1 heterocycles. The average Bonchev–Trinajstić information content (AvgIpc) is 2.87. The number of nitrogens with zero attached hydrogens (tertiary/aromatic N) is 3. The van der Waals surface area contributed by atoms with E-state index in [9.17, 15) is 22.8 Å². The van der Waals surface area contributed by atoms with Gasteiger partial charge in [0.25, 0.3) is 6.47 Å². The molecule has 3 rings (SSSR count). The Morgan fingerprint density at radius 1 is 1.09 bits per heavy atom. The SMILES string of the molecule is CN(CCCOC=O)c1ccc(N2CCCC(CCN(C=O)C3CCCCC3)C2)c(C(F)(F)F)c1. The summed E-state index contributed by atoms with van der Waals surface area (Å²) in [4.78, 5) is 27.5. The maximum Gasteiger partial charge on any atom is 0.418 e. The molecule has 1 atom stereocenters. The first-order chi connectivity index (χ1) is 16.8. The van der Waals surface area contributed by atoms with Gasteiger partial charge in [0.2, 0.25) is 6.41 Å². The number of halogens is 3. The van der Waals surface area contributed by atoms with E-state index in [4.69, 9.17) is 0 Å². The zero-order chi connectivity index (χ0) is 25.3. The molecule has 2 fully saturated rings. The molecule has 1 aromatic carbocycles. The van der Waals surface area contributed by atoms with Crippen LogP contribution in [-0.4, -0.2) is 63.7 Å². The van der Waals surface area contributed by atoms with Crippen molar-refractivity contribution in [3.8, 4) is 0 Å². The molecule has 0 N–H and O–H groups in total. The number of ether oxygens (including phenoxy) is 1. The third-order valence-electron chi connectivity index (χ3n) is 7.38. The monoisotopic (exact) mass is 497 g/mol. The van der Waals surface area contributed by atoms with Crippen LogP contribution in [0.25, 0.3) is 0 Å². The van der Waals surface area contributed by atoms with E-state index < -0.39 is 11.7 Å². The number of carbonyl (C=O) groups is 2. The van der Waals surface area contributed by atoms with Gasteiger partial charge < -0.3 is 19.4 Å². The van der Waals surface area contributed by atoms with Crippen LogP contribution in [0.3, 0.4) is 0 Å². The van der Waals surface area contributed by atoms with Crippen molar-refractivity contribution in [2.75, 3.05) is 49.6 Å². The van der Waals surface area contributed by atoms with Crippen molar-refractivity contribution in [2.45, 2.75) is 70.0 Å². The second kappa shape index (κ2) is 13.0. The molecule has 196 valence electrons. The molecule has 1 saturated heterocycles. The van der Waals surface area contributed by atoms with Gasteiger partial charge in [-0.05, 0) is 62.6 Å². The van der Waals surface area contributed by atoms with Crippen LogP contribution in [0.15, 0.2) is 18.2 Å². The Bertz CT molecular complexity index is 815. The number of carbonyl (C=O) groups excluding carboxylic acids is 2. The van der Waals surface area contributed by atoms with Gasteiger partial charge in [-0.3, -0.25) is 9.59 Å². The van der Waals surface area contributed by atoms with Gasteiger partial charge in [0.05, 0.1) is 12.2 Å². The molecule has 1 aromatic rings. The summed E-state index contributed by atoms with van der Waals surface area (Å²) in [5.41, 5.74) is 0.0846. The van der Waals surface area contributed by atoms with E-state index in [0.717, 1.165) is 51.4 Å². The summed E-state index contributed by atoms with van der Waals surface area (Å²) >= 11 is 0. The van der Waals surface area contributed by atoms with Crippen LogP contribution in [0.2, 0.25) is 0 Å². The number of rotatable bonds is 12. The van der Waals surface area contributed by atoms with Crippen LogP contribution in [0, 0.1) is 5.92 Å². The van der Waals surface area contributed by atoms with Crippen molar-refractivity contribution in [2.24, 2.45) is 5.92 Å². The molecule has 0 radical (unpaired) electrons. The van der Waals surface area contributed by atoms with Crippen molar-refractivity contribution in [3.05, 3.63) is 23.8 Å². The first-order valence-electron chi connectivity index (χ1n) is 12.8. The van der Waals surface area contributed by atoms with Gasteiger partial charge in [0.1, 0.15) is 0 Å². The molecule has 1 aliphatic heterocycles. The highest BCUT2D eigenvalue weighted by Gasteiger charge is 2.36. The molecule has 2 aliphatic rings. The first kappa shape index (κ1) is 27.1. The van der Waals surface area contributed by atoms with Crippen LogP contribution in [0.5, 0.6) is 0 Å². The molecular weight excluding hydrogens is 459 g/mol. The maximum atomic E-state index is 14.1. The third kappa shape index (κ3) is 7.77. The molecule has 9 heteroatoms. The topological polar surface area (TPSA) is 53.1 Å². The zero-order valence-electron chi connectivity index (χ0n) is 20.6. The lowest BCUT2D eigenvalue weighted by atomic mass is 9.91. The van der Waals surface area contributed by atoms with Gasteiger partial charge in [-0.2, -0.15) is 13.2 Å². The fourth-order valence-electron chi connectivity index (χ4n) is 5.41. The largest absolute Gasteiger partial charge is 0.468 e. The van der Waals surface area contributed by atoms with Crippen molar-refractivity contribution < 1.29 is 27.5 Å². The number of anilines is 2. The molecule has 1 unspecified atom stereocenters. The fraction of sp³-hybridized carbons (Fsp3) is 0.692. The predicted molar refractivity (Wildman–Crippen MR) is 131 cm³/mol. The lowest BCUT2D eigenvalue weighted by Crippen LogP contribution is -2.40. The minimum atomic E-state index is -4.46.